The smallest absolute Gasteiger partial charge is 0.278 e. The van der Waals surface area contributed by atoms with Crippen LogP contribution in [0.4, 0.5) is 5.69 Å². The SMILES string of the molecule is C=CCn1c(=O)c(N)c(O)c2ccccc21. The van der Waals surface area contributed by atoms with Gasteiger partial charge in [0.05, 0.1) is 5.52 Å². The maximum absolute atomic E-state index is 11.8. The number of rotatable bonds is 2. The van der Waals surface area contributed by atoms with E-state index in [4.69, 9.17) is 5.73 Å². The van der Waals surface area contributed by atoms with Gasteiger partial charge in [-0.05, 0) is 12.1 Å². The average molecular weight is 216 g/mol. The van der Waals surface area contributed by atoms with E-state index in [0.717, 1.165) is 0 Å². The first kappa shape index (κ1) is 10.3. The Bertz CT molecular complexity index is 614. The molecule has 2 rings (SSSR count). The van der Waals surface area contributed by atoms with Gasteiger partial charge in [-0.15, -0.1) is 6.58 Å². The second kappa shape index (κ2) is 3.73. The number of nitrogens with zero attached hydrogens (tertiary/aromatic N) is 1. The summed E-state index contributed by atoms with van der Waals surface area (Å²) in [5.74, 6) is -0.152. The molecule has 1 aromatic carbocycles. The Morgan fingerprint density at radius 2 is 2.12 bits per heavy atom. The predicted molar refractivity (Wildman–Crippen MR) is 64.5 cm³/mol. The average Bonchev–Trinajstić information content (AvgIpc) is 2.32. The van der Waals surface area contributed by atoms with E-state index in [1.54, 1.807) is 30.3 Å². The molecule has 4 heteroatoms. The summed E-state index contributed by atoms with van der Waals surface area (Å²) in [7, 11) is 0. The van der Waals surface area contributed by atoms with Crippen LogP contribution >= 0.6 is 0 Å². The summed E-state index contributed by atoms with van der Waals surface area (Å²) in [5, 5.41) is 10.3. The van der Waals surface area contributed by atoms with Crippen LogP contribution in [0.25, 0.3) is 10.9 Å². The minimum Gasteiger partial charge on any atom is -0.505 e. The molecule has 0 fully saturated rings. The fourth-order valence-corrected chi connectivity index (χ4v) is 1.72. The van der Waals surface area contributed by atoms with Crippen LogP contribution in [0.15, 0.2) is 41.7 Å². The summed E-state index contributed by atoms with van der Waals surface area (Å²) in [6.07, 6.45) is 1.62. The van der Waals surface area contributed by atoms with Crippen LogP contribution in [0, 0.1) is 0 Å². The summed E-state index contributed by atoms with van der Waals surface area (Å²) in [6, 6.07) is 7.07. The van der Waals surface area contributed by atoms with E-state index in [9.17, 15) is 9.90 Å². The number of fused-ring (bicyclic) bond motifs is 1. The Balaban J connectivity index is 2.97. The lowest BCUT2D eigenvalue weighted by Gasteiger charge is -2.11. The molecule has 4 nitrogen and oxygen atoms in total. The molecule has 0 atom stereocenters. The van der Waals surface area contributed by atoms with Gasteiger partial charge in [-0.25, -0.2) is 0 Å². The molecule has 2 aromatic rings. The fraction of sp³-hybridized carbons (Fsp3) is 0.0833. The molecular formula is C12H12N2O2. The molecule has 0 unspecified atom stereocenters. The predicted octanol–water partition coefficient (Wildman–Crippen LogP) is 1.48. The molecule has 1 heterocycles. The maximum atomic E-state index is 11.8. The van der Waals surface area contributed by atoms with Gasteiger partial charge in [-0.2, -0.15) is 0 Å². The zero-order chi connectivity index (χ0) is 11.7. The minimum absolute atomic E-state index is 0.124. The third-order valence-corrected chi connectivity index (χ3v) is 2.49. The van der Waals surface area contributed by atoms with Gasteiger partial charge in [0.2, 0.25) is 0 Å². The molecule has 16 heavy (non-hydrogen) atoms. The molecule has 0 aliphatic rings. The number of aromatic hydroxyl groups is 1. The number of nitrogen functional groups attached to an aromatic ring is 1. The quantitative estimate of drug-likeness (QED) is 0.747. The molecule has 0 spiro atoms. The van der Waals surface area contributed by atoms with Gasteiger partial charge in [-0.3, -0.25) is 4.79 Å². The van der Waals surface area contributed by atoms with Crippen LogP contribution in [0.3, 0.4) is 0 Å². The van der Waals surface area contributed by atoms with Crippen molar-refractivity contribution in [2.75, 3.05) is 5.73 Å². The Morgan fingerprint density at radius 3 is 2.81 bits per heavy atom. The largest absolute Gasteiger partial charge is 0.505 e. The van der Waals surface area contributed by atoms with E-state index >= 15 is 0 Å². The normalized spacial score (nSPS) is 10.5. The van der Waals surface area contributed by atoms with E-state index in [1.807, 2.05) is 0 Å². The molecule has 0 saturated carbocycles. The number of allylic oxidation sites excluding steroid dienone is 1. The van der Waals surface area contributed by atoms with Crippen molar-refractivity contribution in [3.05, 3.63) is 47.3 Å². The molecule has 82 valence electrons. The van der Waals surface area contributed by atoms with Crippen LogP contribution in [0.1, 0.15) is 0 Å². The van der Waals surface area contributed by atoms with Gasteiger partial charge < -0.3 is 15.4 Å². The van der Waals surface area contributed by atoms with Crippen LogP contribution in [-0.2, 0) is 6.54 Å². The number of benzene rings is 1. The number of hydrogen-bond acceptors (Lipinski definition) is 3. The highest BCUT2D eigenvalue weighted by atomic mass is 16.3. The van der Waals surface area contributed by atoms with Crippen LogP contribution in [0.2, 0.25) is 0 Å². The van der Waals surface area contributed by atoms with Gasteiger partial charge in [-0.1, -0.05) is 18.2 Å². The number of para-hydroxylation sites is 1. The number of nitrogens with two attached hydrogens (primary N) is 1. The highest BCUT2D eigenvalue weighted by Crippen LogP contribution is 2.27. The van der Waals surface area contributed by atoms with Crippen LogP contribution in [-0.4, -0.2) is 9.67 Å². The second-order valence-electron chi connectivity index (χ2n) is 3.48. The Labute approximate surface area is 92.2 Å². The molecule has 0 bridgehead atoms. The highest BCUT2D eigenvalue weighted by molar-refractivity contribution is 5.89. The van der Waals surface area contributed by atoms with Gasteiger partial charge in [0, 0.05) is 11.9 Å². The third-order valence-electron chi connectivity index (χ3n) is 2.49. The van der Waals surface area contributed by atoms with Crippen molar-refractivity contribution in [1.29, 1.82) is 0 Å². The van der Waals surface area contributed by atoms with Crippen molar-refractivity contribution in [1.82, 2.24) is 4.57 Å². The summed E-state index contributed by atoms with van der Waals surface area (Å²) in [6.45, 7) is 3.96. The molecular weight excluding hydrogens is 204 g/mol. The Morgan fingerprint density at radius 1 is 1.44 bits per heavy atom. The van der Waals surface area contributed by atoms with Gasteiger partial charge in [0.15, 0.2) is 5.75 Å². The number of hydrogen-bond donors (Lipinski definition) is 2. The first-order valence-electron chi connectivity index (χ1n) is 4.87. The van der Waals surface area contributed by atoms with Crippen molar-refractivity contribution >= 4 is 16.6 Å². The standard InChI is InChI=1S/C12H12N2O2/c1-2-7-14-9-6-4-3-5-8(9)11(15)10(13)12(14)16/h2-6,15H,1,7,13H2. The molecule has 0 aliphatic heterocycles. The van der Waals surface area contributed by atoms with Gasteiger partial charge in [0.25, 0.3) is 5.56 Å². The number of anilines is 1. The van der Waals surface area contributed by atoms with Crippen molar-refractivity contribution in [2.45, 2.75) is 6.54 Å². The monoisotopic (exact) mass is 216 g/mol. The first-order valence-corrected chi connectivity index (χ1v) is 4.87. The van der Waals surface area contributed by atoms with Crippen molar-refractivity contribution in [3.8, 4) is 5.75 Å². The van der Waals surface area contributed by atoms with Crippen molar-refractivity contribution in [3.63, 3.8) is 0 Å². The summed E-state index contributed by atoms with van der Waals surface area (Å²) < 4.78 is 1.48. The number of pyridine rings is 1. The summed E-state index contributed by atoms with van der Waals surface area (Å²) in [4.78, 5) is 11.8. The van der Waals surface area contributed by atoms with E-state index < -0.39 is 5.56 Å². The minimum atomic E-state index is -0.392. The molecule has 0 saturated heterocycles. The topological polar surface area (TPSA) is 68.2 Å². The van der Waals surface area contributed by atoms with E-state index in [0.29, 0.717) is 17.4 Å². The molecule has 0 aliphatic carbocycles. The molecule has 3 N–H and O–H groups in total. The third kappa shape index (κ3) is 1.35. The lowest BCUT2D eigenvalue weighted by Crippen LogP contribution is -2.22. The maximum Gasteiger partial charge on any atom is 0.278 e. The second-order valence-corrected chi connectivity index (χ2v) is 3.48. The Hall–Kier alpha value is -2.23. The Kier molecular flexibility index (Phi) is 2.40. The zero-order valence-corrected chi connectivity index (χ0v) is 8.68. The van der Waals surface area contributed by atoms with Gasteiger partial charge >= 0.3 is 0 Å². The lowest BCUT2D eigenvalue weighted by atomic mass is 10.2. The van der Waals surface area contributed by atoms with Crippen LogP contribution in [0.5, 0.6) is 5.75 Å². The number of aromatic nitrogens is 1. The highest BCUT2D eigenvalue weighted by Gasteiger charge is 2.11. The van der Waals surface area contributed by atoms with Crippen molar-refractivity contribution < 1.29 is 5.11 Å². The molecule has 0 amide bonds. The first-order chi connectivity index (χ1) is 7.66. The molecule has 1 aromatic heterocycles. The van der Waals surface area contributed by atoms with Gasteiger partial charge in [0.1, 0.15) is 5.69 Å². The zero-order valence-electron chi connectivity index (χ0n) is 8.68. The molecule has 0 radical (unpaired) electrons. The van der Waals surface area contributed by atoms with E-state index in [-0.39, 0.29) is 11.4 Å². The van der Waals surface area contributed by atoms with E-state index in [2.05, 4.69) is 6.58 Å². The van der Waals surface area contributed by atoms with Crippen LogP contribution < -0.4 is 11.3 Å². The van der Waals surface area contributed by atoms with E-state index in [1.165, 1.54) is 4.57 Å². The van der Waals surface area contributed by atoms with Crippen molar-refractivity contribution in [2.24, 2.45) is 0 Å². The summed E-state index contributed by atoms with van der Waals surface area (Å²) in [5.41, 5.74) is 5.70. The fourth-order valence-electron chi connectivity index (χ4n) is 1.72. The summed E-state index contributed by atoms with van der Waals surface area (Å²) >= 11 is 0. The lowest BCUT2D eigenvalue weighted by molar-refractivity contribution is 0.482.